The van der Waals surface area contributed by atoms with Gasteiger partial charge in [-0.15, -0.1) is 11.3 Å². The molecular weight excluding hydrogens is 254 g/mol. The lowest BCUT2D eigenvalue weighted by Gasteiger charge is -2.32. The minimum absolute atomic E-state index is 0.748. The van der Waals surface area contributed by atoms with Crippen molar-refractivity contribution in [2.24, 2.45) is 11.8 Å². The van der Waals surface area contributed by atoms with Crippen LogP contribution in [0.5, 0.6) is 0 Å². The lowest BCUT2D eigenvalue weighted by Crippen LogP contribution is -2.39. The number of aromatic nitrogens is 1. The third-order valence-electron chi connectivity index (χ3n) is 3.61. The first-order valence-corrected chi connectivity index (χ1v) is 8.35. The van der Waals surface area contributed by atoms with Gasteiger partial charge in [-0.3, -0.25) is 4.90 Å². The summed E-state index contributed by atoms with van der Waals surface area (Å²) in [5.41, 5.74) is 1.16. The Kier molecular flexibility index (Phi) is 5.79. The first-order chi connectivity index (χ1) is 9.13. The molecule has 0 spiro atoms. The third-order valence-corrected chi connectivity index (χ3v) is 4.57. The van der Waals surface area contributed by atoms with E-state index in [2.05, 4.69) is 41.4 Å². The van der Waals surface area contributed by atoms with Crippen LogP contribution in [-0.2, 0) is 6.54 Å². The van der Waals surface area contributed by atoms with Crippen LogP contribution in [0.4, 0.5) is 0 Å². The lowest BCUT2D eigenvalue weighted by molar-refractivity contribution is 0.164. The van der Waals surface area contributed by atoms with Crippen LogP contribution in [0.15, 0.2) is 5.38 Å². The summed E-state index contributed by atoms with van der Waals surface area (Å²) in [6.07, 6.45) is 2.71. The normalized spacial score (nSPS) is 21.2. The molecule has 2 rings (SSSR count). The van der Waals surface area contributed by atoms with E-state index in [-0.39, 0.29) is 0 Å². The molecule has 2 heterocycles. The SMILES string of the molecule is Cc1csc(CN2CCCC(CNCC(C)C)C2)n1. The molecule has 108 valence electrons. The van der Waals surface area contributed by atoms with Crippen molar-refractivity contribution in [1.82, 2.24) is 15.2 Å². The molecular formula is C15H27N3S. The summed E-state index contributed by atoms with van der Waals surface area (Å²) in [5.74, 6) is 1.56. The van der Waals surface area contributed by atoms with Gasteiger partial charge in [0.1, 0.15) is 5.01 Å². The van der Waals surface area contributed by atoms with E-state index < -0.39 is 0 Å². The van der Waals surface area contributed by atoms with Crippen molar-refractivity contribution < 1.29 is 0 Å². The van der Waals surface area contributed by atoms with Crippen LogP contribution in [-0.4, -0.2) is 36.1 Å². The molecule has 1 N–H and O–H groups in total. The van der Waals surface area contributed by atoms with Crippen molar-refractivity contribution in [1.29, 1.82) is 0 Å². The van der Waals surface area contributed by atoms with Gasteiger partial charge in [0, 0.05) is 17.6 Å². The molecule has 0 amide bonds. The van der Waals surface area contributed by atoms with Crippen molar-refractivity contribution in [3.05, 3.63) is 16.1 Å². The van der Waals surface area contributed by atoms with Crippen LogP contribution in [0.2, 0.25) is 0 Å². The van der Waals surface area contributed by atoms with E-state index in [4.69, 9.17) is 0 Å². The van der Waals surface area contributed by atoms with Crippen LogP contribution in [0.25, 0.3) is 0 Å². The van der Waals surface area contributed by atoms with E-state index in [0.29, 0.717) is 0 Å². The number of rotatable bonds is 6. The van der Waals surface area contributed by atoms with E-state index in [0.717, 1.165) is 30.6 Å². The van der Waals surface area contributed by atoms with Crippen LogP contribution >= 0.6 is 11.3 Å². The number of hydrogen-bond acceptors (Lipinski definition) is 4. The van der Waals surface area contributed by atoms with Gasteiger partial charge in [-0.1, -0.05) is 13.8 Å². The Labute approximate surface area is 121 Å². The molecule has 1 aliphatic heterocycles. The van der Waals surface area contributed by atoms with Gasteiger partial charge in [0.2, 0.25) is 0 Å². The van der Waals surface area contributed by atoms with E-state index in [1.165, 1.54) is 37.5 Å². The van der Waals surface area contributed by atoms with Crippen LogP contribution in [0, 0.1) is 18.8 Å². The summed E-state index contributed by atoms with van der Waals surface area (Å²) < 4.78 is 0. The molecule has 1 fully saturated rings. The summed E-state index contributed by atoms with van der Waals surface area (Å²) in [6, 6.07) is 0. The van der Waals surface area contributed by atoms with Crippen molar-refractivity contribution in [3.8, 4) is 0 Å². The zero-order chi connectivity index (χ0) is 13.7. The minimum Gasteiger partial charge on any atom is -0.316 e. The van der Waals surface area contributed by atoms with Gasteiger partial charge in [0.05, 0.1) is 6.54 Å². The van der Waals surface area contributed by atoms with Crippen LogP contribution < -0.4 is 5.32 Å². The zero-order valence-corrected chi connectivity index (χ0v) is 13.3. The second kappa shape index (κ2) is 7.36. The van der Waals surface area contributed by atoms with Gasteiger partial charge in [-0.25, -0.2) is 4.98 Å². The third kappa shape index (κ3) is 5.21. The molecule has 1 saturated heterocycles. The molecule has 0 bridgehead atoms. The maximum absolute atomic E-state index is 4.58. The number of likely N-dealkylation sites (tertiary alicyclic amines) is 1. The number of nitrogens with one attached hydrogen (secondary N) is 1. The maximum Gasteiger partial charge on any atom is 0.107 e. The molecule has 0 radical (unpaired) electrons. The van der Waals surface area contributed by atoms with Gasteiger partial charge in [0.15, 0.2) is 0 Å². The highest BCUT2D eigenvalue weighted by Crippen LogP contribution is 2.19. The largest absolute Gasteiger partial charge is 0.316 e. The molecule has 0 aliphatic carbocycles. The van der Waals surface area contributed by atoms with Crippen molar-refractivity contribution >= 4 is 11.3 Å². The molecule has 0 aromatic carbocycles. The lowest BCUT2D eigenvalue weighted by atomic mass is 9.98. The van der Waals surface area contributed by atoms with Crippen molar-refractivity contribution in [2.75, 3.05) is 26.2 Å². The van der Waals surface area contributed by atoms with Gasteiger partial charge in [-0.2, -0.15) is 0 Å². The second-order valence-corrected chi connectivity index (χ2v) is 7.12. The second-order valence-electron chi connectivity index (χ2n) is 6.18. The number of nitrogens with zero attached hydrogens (tertiary/aromatic N) is 2. The number of hydrogen-bond donors (Lipinski definition) is 1. The van der Waals surface area contributed by atoms with E-state index in [9.17, 15) is 0 Å². The van der Waals surface area contributed by atoms with Crippen LogP contribution in [0.1, 0.15) is 37.4 Å². The van der Waals surface area contributed by atoms with Crippen LogP contribution in [0.3, 0.4) is 0 Å². The Morgan fingerprint density at radius 2 is 2.37 bits per heavy atom. The van der Waals surface area contributed by atoms with Gasteiger partial charge >= 0.3 is 0 Å². The first-order valence-electron chi connectivity index (χ1n) is 7.47. The Morgan fingerprint density at radius 3 is 3.05 bits per heavy atom. The molecule has 1 aromatic rings. The predicted octanol–water partition coefficient (Wildman–Crippen LogP) is 2.91. The highest BCUT2D eigenvalue weighted by molar-refractivity contribution is 7.09. The average Bonchev–Trinajstić information content (AvgIpc) is 2.75. The Hall–Kier alpha value is -0.450. The molecule has 1 atom stereocenters. The molecule has 1 unspecified atom stereocenters. The Bertz CT molecular complexity index is 375. The van der Waals surface area contributed by atoms with E-state index in [1.54, 1.807) is 11.3 Å². The molecule has 1 aromatic heterocycles. The summed E-state index contributed by atoms with van der Waals surface area (Å²) in [6.45, 7) is 12.4. The standard InChI is InChI=1S/C15H27N3S/c1-12(2)7-16-8-14-5-4-6-18(9-14)10-15-17-13(3)11-19-15/h11-12,14,16H,4-10H2,1-3H3. The molecule has 0 saturated carbocycles. The summed E-state index contributed by atoms with van der Waals surface area (Å²) in [7, 11) is 0. The fourth-order valence-corrected chi connectivity index (χ4v) is 3.52. The summed E-state index contributed by atoms with van der Waals surface area (Å²) in [5, 5.41) is 7.03. The van der Waals surface area contributed by atoms with Gasteiger partial charge in [0.25, 0.3) is 0 Å². The fourth-order valence-electron chi connectivity index (χ4n) is 2.70. The average molecular weight is 281 g/mol. The zero-order valence-electron chi connectivity index (χ0n) is 12.5. The summed E-state index contributed by atoms with van der Waals surface area (Å²) >= 11 is 1.80. The molecule has 4 heteroatoms. The number of piperidine rings is 1. The fraction of sp³-hybridized carbons (Fsp3) is 0.800. The van der Waals surface area contributed by atoms with Crippen molar-refractivity contribution in [3.63, 3.8) is 0 Å². The van der Waals surface area contributed by atoms with E-state index in [1.807, 2.05) is 0 Å². The summed E-state index contributed by atoms with van der Waals surface area (Å²) in [4.78, 5) is 7.15. The monoisotopic (exact) mass is 281 g/mol. The molecule has 1 aliphatic rings. The Balaban J connectivity index is 1.74. The Morgan fingerprint density at radius 1 is 1.53 bits per heavy atom. The van der Waals surface area contributed by atoms with Gasteiger partial charge in [-0.05, 0) is 51.2 Å². The highest BCUT2D eigenvalue weighted by Gasteiger charge is 2.20. The molecule has 3 nitrogen and oxygen atoms in total. The van der Waals surface area contributed by atoms with Crippen molar-refractivity contribution in [2.45, 2.75) is 40.2 Å². The molecule has 19 heavy (non-hydrogen) atoms. The highest BCUT2D eigenvalue weighted by atomic mass is 32.1. The predicted molar refractivity (Wildman–Crippen MR) is 82.6 cm³/mol. The number of thiazole rings is 1. The maximum atomic E-state index is 4.58. The first kappa shape index (κ1) is 14.9. The van der Waals surface area contributed by atoms with Gasteiger partial charge < -0.3 is 5.32 Å². The topological polar surface area (TPSA) is 28.2 Å². The van der Waals surface area contributed by atoms with E-state index >= 15 is 0 Å². The number of aryl methyl sites for hydroxylation is 1. The smallest absolute Gasteiger partial charge is 0.107 e. The quantitative estimate of drug-likeness (QED) is 0.869. The minimum atomic E-state index is 0.748.